The van der Waals surface area contributed by atoms with Gasteiger partial charge in [0.05, 0.1) is 12.0 Å². The van der Waals surface area contributed by atoms with Crippen molar-refractivity contribution in [3.63, 3.8) is 0 Å². The fourth-order valence-corrected chi connectivity index (χ4v) is 4.24. The molecule has 1 aliphatic rings. The van der Waals surface area contributed by atoms with Gasteiger partial charge in [-0.3, -0.25) is 0 Å². The standard InChI is InChI=1S/C17H20N4O4S/c1-3-16-19-15(12-18)17(25-16)20-8-10-21(11-9-20)26(22,23)14-6-4-13(24-2)5-7-14/h4-7H,3,8-11H2,1-2H3. The third-order valence-corrected chi connectivity index (χ3v) is 6.20. The smallest absolute Gasteiger partial charge is 0.243 e. The number of aromatic nitrogens is 1. The summed E-state index contributed by atoms with van der Waals surface area (Å²) in [5, 5.41) is 9.21. The highest BCUT2D eigenvalue weighted by Crippen LogP contribution is 2.25. The predicted octanol–water partition coefficient (Wildman–Crippen LogP) is 1.63. The molecule has 0 N–H and O–H groups in total. The number of methoxy groups -OCH3 is 1. The first-order valence-electron chi connectivity index (χ1n) is 8.28. The molecule has 0 bridgehead atoms. The number of oxazole rings is 1. The molecule has 0 saturated carbocycles. The molecule has 1 aromatic heterocycles. The van der Waals surface area contributed by atoms with Gasteiger partial charge >= 0.3 is 0 Å². The molecule has 0 unspecified atom stereocenters. The van der Waals surface area contributed by atoms with Gasteiger partial charge in [-0.1, -0.05) is 6.92 Å². The van der Waals surface area contributed by atoms with Crippen molar-refractivity contribution in [2.24, 2.45) is 0 Å². The van der Waals surface area contributed by atoms with E-state index in [1.165, 1.54) is 23.5 Å². The molecule has 2 heterocycles. The molecular formula is C17H20N4O4S. The Morgan fingerprint density at radius 3 is 2.42 bits per heavy atom. The number of nitriles is 1. The molecule has 2 aromatic rings. The summed E-state index contributed by atoms with van der Waals surface area (Å²) < 4.78 is 37.7. The molecule has 26 heavy (non-hydrogen) atoms. The number of anilines is 1. The second kappa shape index (κ2) is 7.35. The van der Waals surface area contributed by atoms with Crippen LogP contribution >= 0.6 is 0 Å². The molecule has 0 atom stereocenters. The maximum atomic E-state index is 12.8. The first-order chi connectivity index (χ1) is 12.5. The van der Waals surface area contributed by atoms with Gasteiger partial charge in [0.1, 0.15) is 11.8 Å². The Hall–Kier alpha value is -2.57. The maximum Gasteiger partial charge on any atom is 0.243 e. The first-order valence-corrected chi connectivity index (χ1v) is 9.72. The molecule has 0 aliphatic carbocycles. The number of nitrogens with zero attached hydrogens (tertiary/aromatic N) is 4. The van der Waals surface area contributed by atoms with Crippen molar-refractivity contribution in [1.82, 2.24) is 9.29 Å². The summed E-state index contributed by atoms with van der Waals surface area (Å²) in [7, 11) is -2.03. The van der Waals surface area contributed by atoms with Crippen LogP contribution in [0, 0.1) is 11.3 Å². The van der Waals surface area contributed by atoms with Gasteiger partial charge in [0.15, 0.2) is 5.89 Å². The quantitative estimate of drug-likeness (QED) is 0.782. The van der Waals surface area contributed by atoms with Gasteiger partial charge in [0.2, 0.25) is 21.6 Å². The molecule has 1 aliphatic heterocycles. The zero-order valence-electron chi connectivity index (χ0n) is 14.7. The zero-order chi connectivity index (χ0) is 18.7. The number of hydrogen-bond acceptors (Lipinski definition) is 7. The van der Waals surface area contributed by atoms with E-state index >= 15 is 0 Å². The number of hydrogen-bond donors (Lipinski definition) is 0. The first kappa shape index (κ1) is 18.2. The minimum absolute atomic E-state index is 0.234. The van der Waals surface area contributed by atoms with Gasteiger partial charge in [-0.05, 0) is 24.3 Å². The maximum absolute atomic E-state index is 12.8. The lowest BCUT2D eigenvalue weighted by Crippen LogP contribution is -2.48. The summed E-state index contributed by atoms with van der Waals surface area (Å²) in [6, 6.07) is 8.37. The largest absolute Gasteiger partial charge is 0.497 e. The molecule has 0 spiro atoms. The van der Waals surface area contributed by atoms with E-state index in [1.807, 2.05) is 17.9 Å². The Bertz CT molecular complexity index is 907. The fourth-order valence-electron chi connectivity index (χ4n) is 2.82. The van der Waals surface area contributed by atoms with Gasteiger partial charge < -0.3 is 14.1 Å². The van der Waals surface area contributed by atoms with Crippen LogP contribution in [0.3, 0.4) is 0 Å². The highest BCUT2D eigenvalue weighted by atomic mass is 32.2. The fraction of sp³-hybridized carbons (Fsp3) is 0.412. The van der Waals surface area contributed by atoms with Crippen LogP contribution in [0.15, 0.2) is 33.6 Å². The number of ether oxygens (including phenoxy) is 1. The van der Waals surface area contributed by atoms with Crippen LogP contribution in [0.1, 0.15) is 18.5 Å². The van der Waals surface area contributed by atoms with Gasteiger partial charge in [-0.2, -0.15) is 9.57 Å². The number of aryl methyl sites for hydroxylation is 1. The van der Waals surface area contributed by atoms with Gasteiger partial charge in [-0.25, -0.2) is 13.4 Å². The third kappa shape index (κ3) is 3.38. The number of piperazine rings is 1. The summed E-state index contributed by atoms with van der Waals surface area (Å²) in [5.41, 5.74) is 0.244. The lowest BCUT2D eigenvalue weighted by atomic mass is 10.3. The minimum atomic E-state index is -3.57. The second-order valence-corrected chi connectivity index (χ2v) is 7.73. The van der Waals surface area contributed by atoms with Gasteiger partial charge in [0, 0.05) is 32.6 Å². The monoisotopic (exact) mass is 376 g/mol. The van der Waals surface area contributed by atoms with E-state index in [0.29, 0.717) is 50.1 Å². The van der Waals surface area contributed by atoms with Crippen molar-refractivity contribution < 1.29 is 17.6 Å². The molecule has 138 valence electrons. The van der Waals surface area contributed by atoms with E-state index in [1.54, 1.807) is 12.1 Å². The molecule has 3 rings (SSSR count). The van der Waals surface area contributed by atoms with E-state index in [-0.39, 0.29) is 10.6 Å². The van der Waals surface area contributed by atoms with Gasteiger partial charge in [0.25, 0.3) is 0 Å². The minimum Gasteiger partial charge on any atom is -0.497 e. The van der Waals surface area contributed by atoms with Gasteiger partial charge in [-0.15, -0.1) is 0 Å². The molecule has 0 amide bonds. The van der Waals surface area contributed by atoms with Crippen molar-refractivity contribution in [2.75, 3.05) is 38.2 Å². The predicted molar refractivity (Wildman–Crippen MR) is 94.6 cm³/mol. The summed E-state index contributed by atoms with van der Waals surface area (Å²) >= 11 is 0. The topological polar surface area (TPSA) is 99.7 Å². The van der Waals surface area contributed by atoms with Crippen LogP contribution in [-0.2, 0) is 16.4 Å². The molecule has 8 nitrogen and oxygen atoms in total. The average molecular weight is 376 g/mol. The Balaban J connectivity index is 1.73. The average Bonchev–Trinajstić information content (AvgIpc) is 3.11. The van der Waals surface area contributed by atoms with E-state index in [2.05, 4.69) is 4.98 Å². The van der Waals surface area contributed by atoms with Crippen molar-refractivity contribution in [2.45, 2.75) is 18.2 Å². The lowest BCUT2D eigenvalue weighted by molar-refractivity contribution is 0.370. The highest BCUT2D eigenvalue weighted by molar-refractivity contribution is 7.89. The second-order valence-electron chi connectivity index (χ2n) is 5.79. The van der Waals surface area contributed by atoms with Crippen molar-refractivity contribution >= 4 is 15.9 Å². The Morgan fingerprint density at radius 1 is 1.23 bits per heavy atom. The molecule has 1 aromatic carbocycles. The molecule has 9 heteroatoms. The van der Waals surface area contributed by atoms with Crippen LogP contribution in [0.25, 0.3) is 0 Å². The Labute approximate surface area is 152 Å². The summed E-state index contributed by atoms with van der Waals surface area (Å²) in [6.45, 7) is 3.38. The van der Waals surface area contributed by atoms with E-state index in [0.717, 1.165) is 0 Å². The van der Waals surface area contributed by atoms with Crippen LogP contribution < -0.4 is 9.64 Å². The summed E-state index contributed by atoms with van der Waals surface area (Å²) in [4.78, 5) is 6.24. The molecule has 0 radical (unpaired) electrons. The number of rotatable bonds is 5. The number of benzene rings is 1. The molecular weight excluding hydrogens is 356 g/mol. The summed E-state index contributed by atoms with van der Waals surface area (Å²) in [6.07, 6.45) is 0.598. The normalized spacial score (nSPS) is 15.7. The highest BCUT2D eigenvalue weighted by Gasteiger charge is 2.30. The number of sulfonamides is 1. The van der Waals surface area contributed by atoms with Crippen LogP contribution in [0.2, 0.25) is 0 Å². The van der Waals surface area contributed by atoms with Crippen molar-refractivity contribution in [3.05, 3.63) is 35.9 Å². The van der Waals surface area contributed by atoms with Crippen LogP contribution in [0.4, 0.5) is 5.88 Å². The molecule has 1 fully saturated rings. The third-order valence-electron chi connectivity index (χ3n) is 4.28. The van der Waals surface area contributed by atoms with Crippen LogP contribution in [-0.4, -0.2) is 51.0 Å². The SMILES string of the molecule is CCc1nc(C#N)c(N2CCN(S(=O)(=O)c3ccc(OC)cc3)CC2)o1. The Kier molecular flexibility index (Phi) is 5.15. The van der Waals surface area contributed by atoms with Crippen molar-refractivity contribution in [3.8, 4) is 11.8 Å². The lowest BCUT2D eigenvalue weighted by Gasteiger charge is -2.33. The van der Waals surface area contributed by atoms with E-state index in [4.69, 9.17) is 9.15 Å². The van der Waals surface area contributed by atoms with Crippen molar-refractivity contribution in [1.29, 1.82) is 5.26 Å². The summed E-state index contributed by atoms with van der Waals surface area (Å²) in [5.74, 6) is 1.53. The van der Waals surface area contributed by atoms with Crippen LogP contribution in [0.5, 0.6) is 5.75 Å². The Morgan fingerprint density at radius 2 is 1.88 bits per heavy atom. The van der Waals surface area contributed by atoms with E-state index < -0.39 is 10.0 Å². The zero-order valence-corrected chi connectivity index (χ0v) is 15.5. The van der Waals surface area contributed by atoms with E-state index in [9.17, 15) is 13.7 Å². The molecule has 1 saturated heterocycles.